The molecule has 4 aromatic rings. The van der Waals surface area contributed by atoms with Crippen LogP contribution in [0.1, 0.15) is 11.1 Å². The lowest BCUT2D eigenvalue weighted by Gasteiger charge is -2.13. The van der Waals surface area contributed by atoms with E-state index in [0.717, 1.165) is 27.5 Å². The van der Waals surface area contributed by atoms with Crippen molar-refractivity contribution in [2.75, 3.05) is 0 Å². The second-order valence-corrected chi connectivity index (χ2v) is 7.10. The van der Waals surface area contributed by atoms with Crippen molar-refractivity contribution in [3.05, 3.63) is 95.1 Å². The minimum atomic E-state index is -0.339. The van der Waals surface area contributed by atoms with E-state index in [1.165, 1.54) is 0 Å². The molecule has 3 aromatic carbocycles. The molecule has 0 fully saturated rings. The lowest BCUT2D eigenvalue weighted by atomic mass is 10.0. The van der Waals surface area contributed by atoms with Crippen LogP contribution in [0.5, 0.6) is 5.75 Å². The van der Waals surface area contributed by atoms with Crippen LogP contribution in [0.25, 0.3) is 22.0 Å². The number of hydrogen-bond acceptors (Lipinski definition) is 3. The van der Waals surface area contributed by atoms with Gasteiger partial charge in [-0.15, -0.1) is 0 Å². The van der Waals surface area contributed by atoms with E-state index in [0.29, 0.717) is 16.5 Å². The number of nitrogens with zero attached hydrogens (tertiary/aromatic N) is 1. The van der Waals surface area contributed by atoms with Gasteiger partial charge in [-0.3, -0.25) is 9.78 Å². The largest absolute Gasteiger partial charge is 0.423 e. The first kappa shape index (κ1) is 18.2. The van der Waals surface area contributed by atoms with Crippen molar-refractivity contribution in [1.82, 2.24) is 4.98 Å². The second-order valence-electron chi connectivity index (χ2n) is 6.67. The molecule has 0 aliphatic rings. The maximum Gasteiger partial charge on any atom is 0.315 e. The summed E-state index contributed by atoms with van der Waals surface area (Å²) in [6, 6.07) is 23.0. The third-order valence-corrected chi connectivity index (χ3v) is 4.81. The molecule has 0 aliphatic carbocycles. The Balaban J connectivity index is 1.73. The lowest BCUT2D eigenvalue weighted by Crippen LogP contribution is -2.12. The van der Waals surface area contributed by atoms with Gasteiger partial charge in [0.25, 0.3) is 0 Å². The van der Waals surface area contributed by atoms with Crippen LogP contribution in [-0.4, -0.2) is 11.0 Å². The predicted octanol–water partition coefficient (Wildman–Crippen LogP) is 6.01. The van der Waals surface area contributed by atoms with E-state index >= 15 is 0 Å². The molecule has 28 heavy (non-hydrogen) atoms. The van der Waals surface area contributed by atoms with E-state index < -0.39 is 0 Å². The van der Waals surface area contributed by atoms with Crippen LogP contribution in [0.15, 0.2) is 79.0 Å². The van der Waals surface area contributed by atoms with E-state index in [4.69, 9.17) is 16.3 Å². The number of carbonyl (C=O) groups is 1. The number of rotatable bonds is 4. The number of pyridine rings is 1. The normalized spacial score (nSPS) is 10.8. The molecule has 0 bridgehead atoms. The molecule has 3 nitrogen and oxygen atoms in total. The van der Waals surface area contributed by atoms with Crippen LogP contribution in [0.4, 0.5) is 0 Å². The molecule has 4 heteroatoms. The molecule has 0 spiro atoms. The predicted molar refractivity (Wildman–Crippen MR) is 113 cm³/mol. The Labute approximate surface area is 168 Å². The van der Waals surface area contributed by atoms with Crippen LogP contribution in [0, 0.1) is 6.92 Å². The highest BCUT2D eigenvalue weighted by molar-refractivity contribution is 6.30. The zero-order chi connectivity index (χ0) is 19.5. The summed E-state index contributed by atoms with van der Waals surface area (Å²) in [7, 11) is 0. The number of fused-ring (bicyclic) bond motifs is 1. The van der Waals surface area contributed by atoms with Gasteiger partial charge in [0, 0.05) is 27.6 Å². The van der Waals surface area contributed by atoms with E-state index in [-0.39, 0.29) is 12.4 Å². The smallest absolute Gasteiger partial charge is 0.315 e. The van der Waals surface area contributed by atoms with Gasteiger partial charge in [-0.05, 0) is 24.6 Å². The lowest BCUT2D eigenvalue weighted by molar-refractivity contribution is -0.133. The molecular formula is C24H18ClNO2. The summed E-state index contributed by atoms with van der Waals surface area (Å²) in [5.74, 6) is 0.148. The van der Waals surface area contributed by atoms with Gasteiger partial charge in [-0.25, -0.2) is 0 Å². The fourth-order valence-electron chi connectivity index (χ4n) is 3.08. The molecule has 0 amide bonds. The Bertz CT molecular complexity index is 1140. The van der Waals surface area contributed by atoms with Crippen LogP contribution in [0.2, 0.25) is 5.02 Å². The van der Waals surface area contributed by atoms with Crippen molar-refractivity contribution in [2.24, 2.45) is 0 Å². The van der Waals surface area contributed by atoms with E-state index in [1.54, 1.807) is 18.3 Å². The first-order chi connectivity index (χ1) is 13.6. The molecule has 138 valence electrons. The summed E-state index contributed by atoms with van der Waals surface area (Å²) in [5, 5.41) is 2.42. The van der Waals surface area contributed by atoms with Crippen molar-refractivity contribution in [3.8, 4) is 17.0 Å². The van der Waals surface area contributed by atoms with E-state index in [1.807, 2.05) is 67.6 Å². The molecule has 0 unspecified atom stereocenters. The average Bonchev–Trinajstić information content (AvgIpc) is 2.71. The topological polar surface area (TPSA) is 39.2 Å². The van der Waals surface area contributed by atoms with Crippen molar-refractivity contribution in [2.45, 2.75) is 13.3 Å². The Morgan fingerprint density at radius 1 is 0.964 bits per heavy atom. The summed E-state index contributed by atoms with van der Waals surface area (Å²) in [6.07, 6.45) is 1.97. The van der Waals surface area contributed by atoms with Gasteiger partial charge < -0.3 is 4.74 Å². The number of halogens is 1. The monoisotopic (exact) mass is 387 g/mol. The highest BCUT2D eigenvalue weighted by Crippen LogP contribution is 2.35. The van der Waals surface area contributed by atoms with Gasteiger partial charge in [0.2, 0.25) is 0 Å². The summed E-state index contributed by atoms with van der Waals surface area (Å²) in [4.78, 5) is 17.2. The molecule has 4 rings (SSSR count). The van der Waals surface area contributed by atoms with Crippen LogP contribution in [0.3, 0.4) is 0 Å². The van der Waals surface area contributed by atoms with Crippen LogP contribution in [-0.2, 0) is 11.2 Å². The fourth-order valence-corrected chi connectivity index (χ4v) is 3.20. The minimum absolute atomic E-state index is 0.160. The molecule has 0 saturated carbocycles. The molecule has 0 atom stereocenters. The summed E-state index contributed by atoms with van der Waals surface area (Å²) < 4.78 is 5.84. The van der Waals surface area contributed by atoms with E-state index in [2.05, 4.69) is 4.98 Å². The Hall–Kier alpha value is -3.17. The zero-order valence-electron chi connectivity index (χ0n) is 15.4. The quantitative estimate of drug-likeness (QED) is 0.402. The number of aromatic nitrogens is 1. The van der Waals surface area contributed by atoms with Crippen molar-refractivity contribution < 1.29 is 9.53 Å². The first-order valence-electron chi connectivity index (χ1n) is 9.00. The third kappa shape index (κ3) is 3.90. The highest BCUT2D eigenvalue weighted by Gasteiger charge is 2.16. The number of ether oxygens (including phenoxy) is 1. The maximum absolute atomic E-state index is 12.7. The fraction of sp³-hybridized carbons (Fsp3) is 0.0833. The van der Waals surface area contributed by atoms with Crippen molar-refractivity contribution >= 4 is 28.3 Å². The van der Waals surface area contributed by atoms with Gasteiger partial charge in [0.15, 0.2) is 5.75 Å². The Morgan fingerprint density at radius 2 is 1.68 bits per heavy atom. The third-order valence-electron chi connectivity index (χ3n) is 4.56. The molecular weight excluding hydrogens is 370 g/mol. The summed E-state index contributed by atoms with van der Waals surface area (Å²) in [6.45, 7) is 2.03. The molecule has 0 radical (unpaired) electrons. The molecule has 1 heterocycles. The Kier molecular flexibility index (Phi) is 5.09. The van der Waals surface area contributed by atoms with Gasteiger partial charge in [0.1, 0.15) is 5.69 Å². The van der Waals surface area contributed by atoms with Crippen LogP contribution < -0.4 is 4.74 Å². The number of hydrogen-bond donors (Lipinski definition) is 0. The second kappa shape index (κ2) is 7.83. The first-order valence-corrected chi connectivity index (χ1v) is 9.38. The number of carbonyl (C=O) groups excluding carboxylic acids is 1. The van der Waals surface area contributed by atoms with Crippen molar-refractivity contribution in [3.63, 3.8) is 0 Å². The van der Waals surface area contributed by atoms with Gasteiger partial charge in [0.05, 0.1) is 6.42 Å². The van der Waals surface area contributed by atoms with Gasteiger partial charge in [-0.1, -0.05) is 77.8 Å². The minimum Gasteiger partial charge on any atom is -0.423 e. The standard InChI is InChI=1S/C24H18ClNO2/c1-16-6-10-18(11-7-16)23-24(21-5-3-2-4-19(21)15-26-23)28-22(27)14-17-8-12-20(25)13-9-17/h2-13,15H,14H2,1H3. The molecule has 0 N–H and O–H groups in total. The molecule has 0 saturated heterocycles. The summed E-state index contributed by atoms with van der Waals surface area (Å²) >= 11 is 5.92. The highest BCUT2D eigenvalue weighted by atomic mass is 35.5. The van der Waals surface area contributed by atoms with Gasteiger partial charge in [-0.2, -0.15) is 0 Å². The Morgan fingerprint density at radius 3 is 2.43 bits per heavy atom. The van der Waals surface area contributed by atoms with Crippen LogP contribution >= 0.6 is 11.6 Å². The summed E-state index contributed by atoms with van der Waals surface area (Å²) in [5.41, 5.74) is 3.57. The molecule has 0 aliphatic heterocycles. The maximum atomic E-state index is 12.7. The SMILES string of the molecule is Cc1ccc(-c2ncc3ccccc3c2OC(=O)Cc2ccc(Cl)cc2)cc1. The zero-order valence-corrected chi connectivity index (χ0v) is 16.1. The number of esters is 1. The van der Waals surface area contributed by atoms with Gasteiger partial charge >= 0.3 is 5.97 Å². The number of benzene rings is 3. The molecule has 1 aromatic heterocycles. The number of aryl methyl sites for hydroxylation is 1. The van der Waals surface area contributed by atoms with Crippen molar-refractivity contribution in [1.29, 1.82) is 0 Å². The average molecular weight is 388 g/mol. The van der Waals surface area contributed by atoms with E-state index in [9.17, 15) is 4.79 Å².